The van der Waals surface area contributed by atoms with Gasteiger partial charge in [-0.1, -0.05) is 6.07 Å². The Hall–Kier alpha value is -2.47. The van der Waals surface area contributed by atoms with Crippen molar-refractivity contribution < 1.29 is 9.53 Å². The molecule has 0 unspecified atom stereocenters. The van der Waals surface area contributed by atoms with E-state index in [1.807, 2.05) is 25.1 Å². The molecule has 110 valence electrons. The molecule has 0 aliphatic heterocycles. The standard InChI is InChI=1S/C15H18N4O2/c1-2-21-9-8-18-15(20)19-14-10-12(5-7-17-14)13-4-3-6-16-11-13/h3-7,10-11H,2,8-9H2,1H3,(H2,17,18,19,20). The first-order chi connectivity index (χ1) is 10.3. The molecule has 2 N–H and O–H groups in total. The normalized spacial score (nSPS) is 10.1. The lowest BCUT2D eigenvalue weighted by Crippen LogP contribution is -2.31. The largest absolute Gasteiger partial charge is 0.380 e. The summed E-state index contributed by atoms with van der Waals surface area (Å²) >= 11 is 0. The number of hydrogen-bond acceptors (Lipinski definition) is 4. The van der Waals surface area contributed by atoms with Crippen LogP contribution in [0.2, 0.25) is 0 Å². The van der Waals surface area contributed by atoms with Crippen molar-refractivity contribution in [2.45, 2.75) is 6.92 Å². The Morgan fingerprint density at radius 3 is 2.95 bits per heavy atom. The predicted molar refractivity (Wildman–Crippen MR) is 81.0 cm³/mol. The van der Waals surface area contributed by atoms with Gasteiger partial charge in [0, 0.05) is 37.3 Å². The van der Waals surface area contributed by atoms with E-state index in [1.54, 1.807) is 24.7 Å². The number of pyridine rings is 2. The molecule has 6 heteroatoms. The molecule has 2 aromatic rings. The zero-order valence-corrected chi connectivity index (χ0v) is 11.9. The van der Waals surface area contributed by atoms with Crippen molar-refractivity contribution in [3.05, 3.63) is 42.9 Å². The van der Waals surface area contributed by atoms with E-state index in [2.05, 4.69) is 20.6 Å². The second-order valence-corrected chi connectivity index (χ2v) is 4.25. The molecule has 0 aliphatic rings. The van der Waals surface area contributed by atoms with Crippen molar-refractivity contribution >= 4 is 11.8 Å². The number of nitrogens with one attached hydrogen (secondary N) is 2. The molecule has 0 fully saturated rings. The van der Waals surface area contributed by atoms with Crippen LogP contribution in [0.5, 0.6) is 0 Å². The number of hydrogen-bond donors (Lipinski definition) is 2. The minimum Gasteiger partial charge on any atom is -0.380 e. The van der Waals surface area contributed by atoms with Gasteiger partial charge in [-0.15, -0.1) is 0 Å². The molecule has 21 heavy (non-hydrogen) atoms. The number of nitrogens with zero attached hydrogens (tertiary/aromatic N) is 2. The second-order valence-electron chi connectivity index (χ2n) is 4.25. The van der Waals surface area contributed by atoms with E-state index in [4.69, 9.17) is 4.74 Å². The van der Waals surface area contributed by atoms with E-state index in [0.29, 0.717) is 25.6 Å². The molecule has 0 saturated heterocycles. The molecular weight excluding hydrogens is 268 g/mol. The third kappa shape index (κ3) is 4.85. The molecule has 0 radical (unpaired) electrons. The molecule has 0 saturated carbocycles. The third-order valence-electron chi connectivity index (χ3n) is 2.73. The van der Waals surface area contributed by atoms with E-state index in [9.17, 15) is 4.79 Å². The van der Waals surface area contributed by atoms with Gasteiger partial charge in [0.05, 0.1) is 6.61 Å². The fourth-order valence-electron chi connectivity index (χ4n) is 1.75. The summed E-state index contributed by atoms with van der Waals surface area (Å²) in [7, 11) is 0. The number of aromatic nitrogens is 2. The molecule has 2 heterocycles. The summed E-state index contributed by atoms with van der Waals surface area (Å²) in [5, 5.41) is 5.39. The maximum Gasteiger partial charge on any atom is 0.320 e. The van der Waals surface area contributed by atoms with E-state index in [0.717, 1.165) is 11.1 Å². The van der Waals surface area contributed by atoms with Crippen LogP contribution in [0.15, 0.2) is 42.9 Å². The Kier molecular flexibility index (Phi) is 5.66. The zero-order valence-electron chi connectivity index (χ0n) is 11.9. The molecule has 0 bridgehead atoms. The zero-order chi connectivity index (χ0) is 14.9. The highest BCUT2D eigenvalue weighted by atomic mass is 16.5. The number of carbonyl (C=O) groups is 1. The van der Waals surface area contributed by atoms with Gasteiger partial charge >= 0.3 is 6.03 Å². The van der Waals surface area contributed by atoms with Gasteiger partial charge in [-0.25, -0.2) is 9.78 Å². The van der Waals surface area contributed by atoms with Crippen LogP contribution in [0, 0.1) is 0 Å². The smallest absolute Gasteiger partial charge is 0.320 e. The second kappa shape index (κ2) is 7.96. The Bertz CT molecular complexity index is 575. The minimum atomic E-state index is -0.300. The Morgan fingerprint density at radius 1 is 1.29 bits per heavy atom. The first kappa shape index (κ1) is 14.9. The summed E-state index contributed by atoms with van der Waals surface area (Å²) in [6.45, 7) is 3.50. The highest BCUT2D eigenvalue weighted by Crippen LogP contribution is 2.19. The highest BCUT2D eigenvalue weighted by Gasteiger charge is 2.04. The van der Waals surface area contributed by atoms with Gasteiger partial charge in [0.2, 0.25) is 0 Å². The van der Waals surface area contributed by atoms with E-state index >= 15 is 0 Å². The van der Waals surface area contributed by atoms with Crippen LogP contribution >= 0.6 is 0 Å². The summed E-state index contributed by atoms with van der Waals surface area (Å²) in [5.74, 6) is 0.491. The number of carbonyl (C=O) groups excluding carboxylic acids is 1. The molecular formula is C15H18N4O2. The van der Waals surface area contributed by atoms with Crippen molar-refractivity contribution in [1.29, 1.82) is 0 Å². The van der Waals surface area contributed by atoms with Gasteiger partial charge < -0.3 is 10.1 Å². The number of rotatable bonds is 6. The number of urea groups is 1. The number of ether oxygens (including phenoxy) is 1. The van der Waals surface area contributed by atoms with Crippen LogP contribution < -0.4 is 10.6 Å². The van der Waals surface area contributed by atoms with Crippen molar-refractivity contribution in [2.24, 2.45) is 0 Å². The van der Waals surface area contributed by atoms with Crippen LogP contribution in [-0.4, -0.2) is 35.8 Å². The van der Waals surface area contributed by atoms with Crippen LogP contribution in [-0.2, 0) is 4.74 Å². The van der Waals surface area contributed by atoms with Crippen molar-refractivity contribution in [3.8, 4) is 11.1 Å². The van der Waals surface area contributed by atoms with Gasteiger partial charge in [-0.3, -0.25) is 10.3 Å². The molecule has 0 spiro atoms. The van der Waals surface area contributed by atoms with E-state index < -0.39 is 0 Å². The van der Waals surface area contributed by atoms with Crippen LogP contribution in [0.4, 0.5) is 10.6 Å². The molecule has 2 aromatic heterocycles. The summed E-state index contributed by atoms with van der Waals surface area (Å²) in [5.41, 5.74) is 1.92. The molecule has 0 aromatic carbocycles. The summed E-state index contributed by atoms with van der Waals surface area (Å²) in [6, 6.07) is 7.19. The minimum absolute atomic E-state index is 0.300. The van der Waals surface area contributed by atoms with Crippen molar-refractivity contribution in [3.63, 3.8) is 0 Å². The maximum absolute atomic E-state index is 11.7. The van der Waals surface area contributed by atoms with Crippen LogP contribution in [0.1, 0.15) is 6.92 Å². The molecule has 2 rings (SSSR count). The lowest BCUT2D eigenvalue weighted by molar-refractivity contribution is 0.150. The summed E-state index contributed by atoms with van der Waals surface area (Å²) in [6.07, 6.45) is 5.13. The number of anilines is 1. The average molecular weight is 286 g/mol. The van der Waals surface area contributed by atoms with Crippen molar-refractivity contribution in [1.82, 2.24) is 15.3 Å². The molecule has 0 aliphatic carbocycles. The lowest BCUT2D eigenvalue weighted by Gasteiger charge is -2.08. The van der Waals surface area contributed by atoms with Gasteiger partial charge in [-0.2, -0.15) is 0 Å². The quantitative estimate of drug-likeness (QED) is 0.799. The van der Waals surface area contributed by atoms with Gasteiger partial charge in [0.15, 0.2) is 0 Å². The van der Waals surface area contributed by atoms with Gasteiger partial charge in [0.1, 0.15) is 5.82 Å². The maximum atomic E-state index is 11.7. The van der Waals surface area contributed by atoms with Gasteiger partial charge in [-0.05, 0) is 30.7 Å². The number of amides is 2. The third-order valence-corrected chi connectivity index (χ3v) is 2.73. The molecule has 2 amide bonds. The lowest BCUT2D eigenvalue weighted by atomic mass is 10.1. The average Bonchev–Trinajstić information content (AvgIpc) is 2.53. The predicted octanol–water partition coefficient (Wildman–Crippen LogP) is 2.30. The fraction of sp³-hybridized carbons (Fsp3) is 0.267. The SMILES string of the molecule is CCOCCNC(=O)Nc1cc(-c2cccnc2)ccn1. The van der Waals surface area contributed by atoms with Crippen LogP contribution in [0.25, 0.3) is 11.1 Å². The monoisotopic (exact) mass is 286 g/mol. The summed E-state index contributed by atoms with van der Waals surface area (Å²) in [4.78, 5) is 19.9. The fourth-order valence-corrected chi connectivity index (χ4v) is 1.75. The van der Waals surface area contributed by atoms with Crippen molar-refractivity contribution in [2.75, 3.05) is 25.1 Å². The topological polar surface area (TPSA) is 76.1 Å². The van der Waals surface area contributed by atoms with E-state index in [1.165, 1.54) is 0 Å². The molecule has 0 atom stereocenters. The van der Waals surface area contributed by atoms with E-state index in [-0.39, 0.29) is 6.03 Å². The Morgan fingerprint density at radius 2 is 2.19 bits per heavy atom. The summed E-state index contributed by atoms with van der Waals surface area (Å²) < 4.78 is 5.15. The first-order valence-corrected chi connectivity index (χ1v) is 6.78. The molecule has 6 nitrogen and oxygen atoms in total. The Labute approximate surface area is 123 Å². The Balaban J connectivity index is 1.94. The van der Waals surface area contributed by atoms with Gasteiger partial charge in [0.25, 0.3) is 0 Å². The first-order valence-electron chi connectivity index (χ1n) is 6.78. The highest BCUT2D eigenvalue weighted by molar-refractivity contribution is 5.88. The van der Waals surface area contributed by atoms with Crippen LogP contribution in [0.3, 0.4) is 0 Å².